The molecule has 1 heterocycles. The van der Waals surface area contributed by atoms with Crippen LogP contribution < -0.4 is 10.2 Å². The fourth-order valence-electron chi connectivity index (χ4n) is 3.68. The number of hydrogen-bond acceptors (Lipinski definition) is 4. The Bertz CT molecular complexity index is 650. The first-order valence-electron chi connectivity index (χ1n) is 13.5. The van der Waals surface area contributed by atoms with Crippen LogP contribution in [-0.4, -0.2) is 74.4 Å². The maximum atomic E-state index is 9.53. The third kappa shape index (κ3) is 22.8. The molecule has 6 nitrogen and oxygen atoms in total. The normalized spacial score (nSPS) is 16.4. The molecule has 0 aromatic heterocycles. The van der Waals surface area contributed by atoms with E-state index in [0.717, 1.165) is 78.3 Å². The van der Waals surface area contributed by atoms with Crippen LogP contribution in [0.15, 0.2) is 60.7 Å². The molecule has 204 valence electrons. The van der Waals surface area contributed by atoms with Gasteiger partial charge in [-0.15, -0.1) is 38.4 Å². The molecule has 0 atom stereocenters. The largest absolute Gasteiger partial charge is 4.00 e. The van der Waals surface area contributed by atoms with Crippen molar-refractivity contribution in [3.63, 3.8) is 0 Å². The second-order valence-corrected chi connectivity index (χ2v) is 9.67. The van der Waals surface area contributed by atoms with E-state index in [9.17, 15) is 10.2 Å². The number of rotatable bonds is 4. The summed E-state index contributed by atoms with van der Waals surface area (Å²) in [5.41, 5.74) is 2.77. The Labute approximate surface area is 246 Å². The second-order valence-electron chi connectivity index (χ2n) is 9.67. The summed E-state index contributed by atoms with van der Waals surface area (Å²) in [6, 6.07) is 21.5. The number of nitrogens with zero attached hydrogens (tertiary/aromatic N) is 4. The van der Waals surface area contributed by atoms with E-state index in [4.69, 9.17) is 10.6 Å². The zero-order valence-corrected chi connectivity index (χ0v) is 26.0. The molecule has 37 heavy (non-hydrogen) atoms. The molecule has 0 unspecified atom stereocenters. The summed E-state index contributed by atoms with van der Waals surface area (Å²) in [6.07, 6.45) is 1.43. The molecular weight excluding hydrogens is 540 g/mol. The summed E-state index contributed by atoms with van der Waals surface area (Å²) in [5.74, 6) is 0. The van der Waals surface area contributed by atoms with Crippen LogP contribution in [0.3, 0.4) is 0 Å². The Balaban J connectivity index is 0.00000127. The Morgan fingerprint density at radius 1 is 0.595 bits per heavy atom. The Hall–Kier alpha value is -0.917. The number of benzene rings is 2. The van der Waals surface area contributed by atoms with Gasteiger partial charge in [0.15, 0.2) is 0 Å². The first kappa shape index (κ1) is 36.1. The van der Waals surface area contributed by atoms with Crippen molar-refractivity contribution in [3.8, 4) is 0 Å². The Kier molecular flexibility index (Phi) is 23.5. The van der Waals surface area contributed by atoms with Gasteiger partial charge in [0, 0.05) is 13.1 Å². The zero-order chi connectivity index (χ0) is 26.4. The van der Waals surface area contributed by atoms with Crippen LogP contribution in [0.2, 0.25) is 0 Å². The van der Waals surface area contributed by atoms with Crippen molar-refractivity contribution in [2.45, 2.75) is 65.8 Å². The molecule has 0 amide bonds. The van der Waals surface area contributed by atoms with Gasteiger partial charge in [0.05, 0.1) is 0 Å². The predicted molar refractivity (Wildman–Crippen MR) is 149 cm³/mol. The summed E-state index contributed by atoms with van der Waals surface area (Å²) in [4.78, 5) is 5.06. The van der Waals surface area contributed by atoms with E-state index in [1.165, 1.54) is 11.1 Å². The van der Waals surface area contributed by atoms with Gasteiger partial charge in [-0.05, 0) is 37.3 Å². The average molecular weight is 588 g/mol. The van der Waals surface area contributed by atoms with E-state index in [-0.39, 0.29) is 26.2 Å². The van der Waals surface area contributed by atoms with E-state index < -0.39 is 12.2 Å². The van der Waals surface area contributed by atoms with Gasteiger partial charge < -0.3 is 30.6 Å². The molecule has 7 heteroatoms. The van der Waals surface area contributed by atoms with Crippen molar-refractivity contribution in [3.05, 3.63) is 82.4 Å². The minimum atomic E-state index is -0.417. The quantitative estimate of drug-likeness (QED) is 0.541. The van der Waals surface area contributed by atoms with Crippen molar-refractivity contribution >= 4 is 0 Å². The minimum absolute atomic E-state index is 0. The molecule has 2 aromatic rings. The standard InChI is InChI=1S/C24H34N4.2C3H7O.Zr/c1-3-9-23(10-4-1)21-27-17-7-13-26-16-20-28(18-8-14-25-15-19-27)22-24-11-5-2-6-12-24;2*1-3(2)4;/h1-6,9-12H,7-8,13-22H2;2*3H,1-2H3;/q-2;2*-1;+4. The smallest absolute Gasteiger partial charge is 0.852 e. The van der Waals surface area contributed by atoms with Gasteiger partial charge in [-0.2, -0.15) is 0 Å². The zero-order valence-electron chi connectivity index (χ0n) is 23.5. The maximum Gasteiger partial charge on any atom is 4.00 e. The average Bonchev–Trinajstić information content (AvgIpc) is 2.83. The molecular formula is C30H48N4O2Zr. The third-order valence-electron chi connectivity index (χ3n) is 5.23. The third-order valence-corrected chi connectivity index (χ3v) is 5.23. The molecule has 0 N–H and O–H groups in total. The summed E-state index contributed by atoms with van der Waals surface area (Å²) >= 11 is 0. The summed E-state index contributed by atoms with van der Waals surface area (Å²) in [6.45, 7) is 16.5. The van der Waals surface area contributed by atoms with Crippen molar-refractivity contribution in [1.82, 2.24) is 9.80 Å². The second kappa shape index (κ2) is 24.1. The fourth-order valence-corrected chi connectivity index (χ4v) is 3.68. The predicted octanol–water partition coefficient (Wildman–Crippen LogP) is 4.04. The van der Waals surface area contributed by atoms with Gasteiger partial charge in [-0.25, -0.2) is 0 Å². The van der Waals surface area contributed by atoms with Gasteiger partial charge in [0.1, 0.15) is 0 Å². The molecule has 3 rings (SSSR count). The van der Waals surface area contributed by atoms with Crippen molar-refractivity contribution in [1.29, 1.82) is 0 Å². The van der Waals surface area contributed by atoms with Crippen LogP contribution in [0.1, 0.15) is 51.7 Å². The van der Waals surface area contributed by atoms with Crippen molar-refractivity contribution in [2.24, 2.45) is 0 Å². The molecule has 1 saturated heterocycles. The van der Waals surface area contributed by atoms with E-state index in [1.807, 2.05) is 0 Å². The summed E-state index contributed by atoms with van der Waals surface area (Å²) in [5, 5.41) is 28.7. The van der Waals surface area contributed by atoms with Crippen molar-refractivity contribution < 1.29 is 36.4 Å². The molecule has 0 radical (unpaired) electrons. The van der Waals surface area contributed by atoms with Gasteiger partial charge in [-0.1, -0.05) is 101 Å². The van der Waals surface area contributed by atoms with Crippen LogP contribution in [0.25, 0.3) is 10.6 Å². The van der Waals surface area contributed by atoms with Crippen molar-refractivity contribution in [2.75, 3.05) is 52.4 Å². The minimum Gasteiger partial charge on any atom is -0.852 e. The van der Waals surface area contributed by atoms with E-state index >= 15 is 0 Å². The van der Waals surface area contributed by atoms with Crippen LogP contribution >= 0.6 is 0 Å². The molecule has 0 saturated carbocycles. The fraction of sp³-hybridized carbons (Fsp3) is 0.600. The number of hydrogen-bond donors (Lipinski definition) is 0. The molecule has 1 aliphatic rings. The van der Waals surface area contributed by atoms with Crippen LogP contribution in [-0.2, 0) is 39.3 Å². The van der Waals surface area contributed by atoms with Crippen LogP contribution in [0, 0.1) is 0 Å². The molecule has 2 aromatic carbocycles. The Morgan fingerprint density at radius 2 is 0.919 bits per heavy atom. The first-order valence-corrected chi connectivity index (χ1v) is 13.5. The monoisotopic (exact) mass is 586 g/mol. The SMILES string of the molecule is CC(C)[O-].CC(C)[O-].[Zr+4].c1ccc(CN2CCC[N-]CCN(Cc3ccccc3)CCC[N-]CC2)cc1. The van der Waals surface area contributed by atoms with Gasteiger partial charge >= 0.3 is 26.2 Å². The first-order chi connectivity index (χ1) is 17.4. The van der Waals surface area contributed by atoms with Gasteiger partial charge in [0.2, 0.25) is 0 Å². The van der Waals surface area contributed by atoms with E-state index in [0.29, 0.717) is 0 Å². The Morgan fingerprint density at radius 3 is 1.24 bits per heavy atom. The molecule has 1 fully saturated rings. The summed E-state index contributed by atoms with van der Waals surface area (Å²) in [7, 11) is 0. The van der Waals surface area contributed by atoms with E-state index in [1.54, 1.807) is 27.7 Å². The summed E-state index contributed by atoms with van der Waals surface area (Å²) < 4.78 is 0. The van der Waals surface area contributed by atoms with Crippen LogP contribution in [0.4, 0.5) is 0 Å². The maximum absolute atomic E-state index is 9.53. The van der Waals surface area contributed by atoms with Gasteiger partial charge in [-0.3, -0.25) is 0 Å². The van der Waals surface area contributed by atoms with Gasteiger partial charge in [0.25, 0.3) is 0 Å². The molecule has 0 aliphatic carbocycles. The topological polar surface area (TPSA) is 80.8 Å². The van der Waals surface area contributed by atoms with E-state index in [2.05, 4.69) is 70.5 Å². The molecule has 0 bridgehead atoms. The van der Waals surface area contributed by atoms with Crippen LogP contribution in [0.5, 0.6) is 0 Å². The molecule has 0 spiro atoms. The molecule has 1 aliphatic heterocycles.